The zero-order chi connectivity index (χ0) is 17.6. The predicted octanol–water partition coefficient (Wildman–Crippen LogP) is 3.04. The summed E-state index contributed by atoms with van der Waals surface area (Å²) < 4.78 is 32.4. The summed E-state index contributed by atoms with van der Waals surface area (Å²) in [5.74, 6) is 0.363. The highest BCUT2D eigenvalue weighted by Gasteiger charge is 2.24. The summed E-state index contributed by atoms with van der Waals surface area (Å²) in [6.45, 7) is 5.06. The van der Waals surface area contributed by atoms with Crippen LogP contribution in [0.4, 0.5) is 0 Å². The van der Waals surface area contributed by atoms with Crippen molar-refractivity contribution in [2.24, 2.45) is 0 Å². The monoisotopic (exact) mass is 348 g/mol. The van der Waals surface area contributed by atoms with Crippen molar-refractivity contribution in [2.45, 2.75) is 31.2 Å². The number of aromatic nitrogens is 1. The lowest BCUT2D eigenvalue weighted by molar-refractivity contribution is 0.177. The van der Waals surface area contributed by atoms with Crippen molar-refractivity contribution in [2.75, 3.05) is 20.3 Å². The van der Waals surface area contributed by atoms with Crippen LogP contribution in [0.15, 0.2) is 53.7 Å². The Morgan fingerprint density at radius 2 is 1.88 bits per heavy atom. The normalized spacial score (nSPS) is 12.0. The largest absolute Gasteiger partial charge is 0.383 e. The van der Waals surface area contributed by atoms with Gasteiger partial charge >= 0.3 is 0 Å². The molecule has 0 radical (unpaired) electrons. The first kappa shape index (κ1) is 18.6. The number of rotatable bonds is 8. The molecule has 0 saturated heterocycles. The van der Waals surface area contributed by atoms with E-state index in [2.05, 4.69) is 18.8 Å². The Balaban J connectivity index is 2.28. The molecular weight excluding hydrogens is 324 g/mol. The van der Waals surface area contributed by atoms with Crippen LogP contribution in [-0.4, -0.2) is 38.0 Å². The number of methoxy groups -OCH3 is 1. The molecule has 6 heteroatoms. The van der Waals surface area contributed by atoms with Crippen LogP contribution >= 0.6 is 0 Å². The third-order valence-electron chi connectivity index (χ3n) is 3.81. The number of pyridine rings is 1. The Kier molecular flexibility index (Phi) is 6.48. The van der Waals surface area contributed by atoms with Gasteiger partial charge in [0.05, 0.1) is 11.5 Å². The SMILES string of the molecule is COCCN(Cc1cccnc1)S(=O)(=O)c1ccc(C(C)C)cc1. The Morgan fingerprint density at radius 3 is 2.42 bits per heavy atom. The zero-order valence-electron chi connectivity index (χ0n) is 14.3. The Labute approximate surface area is 144 Å². The summed E-state index contributed by atoms with van der Waals surface area (Å²) in [6, 6.07) is 10.8. The van der Waals surface area contributed by atoms with Gasteiger partial charge in [0, 0.05) is 32.6 Å². The number of hydrogen-bond donors (Lipinski definition) is 0. The van der Waals surface area contributed by atoms with Gasteiger partial charge in [0.1, 0.15) is 0 Å². The second kappa shape index (κ2) is 8.37. The predicted molar refractivity (Wildman–Crippen MR) is 94.2 cm³/mol. The highest BCUT2D eigenvalue weighted by Crippen LogP contribution is 2.21. The number of benzene rings is 1. The van der Waals surface area contributed by atoms with Gasteiger partial charge in [0.25, 0.3) is 0 Å². The average molecular weight is 348 g/mol. The first-order chi connectivity index (χ1) is 11.4. The molecule has 0 unspecified atom stereocenters. The topological polar surface area (TPSA) is 59.5 Å². The minimum absolute atomic E-state index is 0.269. The molecule has 24 heavy (non-hydrogen) atoms. The molecule has 0 aliphatic heterocycles. The van der Waals surface area contributed by atoms with Gasteiger partial charge in [-0.15, -0.1) is 0 Å². The highest BCUT2D eigenvalue weighted by molar-refractivity contribution is 7.89. The van der Waals surface area contributed by atoms with E-state index in [-0.39, 0.29) is 6.54 Å². The van der Waals surface area contributed by atoms with Gasteiger partial charge in [-0.05, 0) is 35.2 Å². The maximum atomic E-state index is 13.0. The number of ether oxygens (including phenoxy) is 1. The van der Waals surface area contributed by atoms with Gasteiger partial charge in [-0.2, -0.15) is 4.31 Å². The minimum Gasteiger partial charge on any atom is -0.383 e. The zero-order valence-corrected chi connectivity index (χ0v) is 15.2. The molecule has 1 aromatic carbocycles. The van der Waals surface area contributed by atoms with Crippen molar-refractivity contribution in [3.8, 4) is 0 Å². The molecule has 0 bridgehead atoms. The van der Waals surface area contributed by atoms with E-state index in [1.165, 1.54) is 4.31 Å². The number of hydrogen-bond acceptors (Lipinski definition) is 4. The Morgan fingerprint density at radius 1 is 1.17 bits per heavy atom. The molecule has 130 valence electrons. The van der Waals surface area contributed by atoms with E-state index in [9.17, 15) is 8.42 Å². The molecule has 0 atom stereocenters. The Hall–Kier alpha value is -1.76. The Bertz CT molecular complexity index is 729. The van der Waals surface area contributed by atoms with Crippen LogP contribution in [-0.2, 0) is 21.3 Å². The van der Waals surface area contributed by atoms with E-state index in [0.29, 0.717) is 24.0 Å². The third-order valence-corrected chi connectivity index (χ3v) is 5.67. The molecule has 5 nitrogen and oxygen atoms in total. The van der Waals surface area contributed by atoms with Gasteiger partial charge in [0.2, 0.25) is 10.0 Å². The smallest absolute Gasteiger partial charge is 0.243 e. The molecule has 0 amide bonds. The van der Waals surface area contributed by atoms with Crippen LogP contribution in [0.2, 0.25) is 0 Å². The molecule has 0 spiro atoms. The van der Waals surface area contributed by atoms with Crippen molar-refractivity contribution < 1.29 is 13.2 Å². The van der Waals surface area contributed by atoms with Gasteiger partial charge in [0.15, 0.2) is 0 Å². The van der Waals surface area contributed by atoms with Crippen molar-refractivity contribution >= 4 is 10.0 Å². The maximum absolute atomic E-state index is 13.0. The molecule has 0 saturated carbocycles. The van der Waals surface area contributed by atoms with Crippen molar-refractivity contribution in [1.29, 1.82) is 0 Å². The van der Waals surface area contributed by atoms with Gasteiger partial charge in [-0.1, -0.05) is 32.0 Å². The van der Waals surface area contributed by atoms with Crippen LogP contribution in [0.1, 0.15) is 30.9 Å². The molecule has 0 N–H and O–H groups in total. The van der Waals surface area contributed by atoms with Gasteiger partial charge < -0.3 is 4.74 Å². The number of sulfonamides is 1. The summed E-state index contributed by atoms with van der Waals surface area (Å²) >= 11 is 0. The summed E-state index contributed by atoms with van der Waals surface area (Å²) in [5, 5.41) is 0. The quantitative estimate of drug-likeness (QED) is 0.736. The van der Waals surface area contributed by atoms with E-state index in [1.54, 1.807) is 37.7 Å². The van der Waals surface area contributed by atoms with Crippen LogP contribution in [0, 0.1) is 0 Å². The molecule has 2 aromatic rings. The van der Waals surface area contributed by atoms with Gasteiger partial charge in [-0.25, -0.2) is 8.42 Å². The van der Waals surface area contributed by atoms with Crippen molar-refractivity contribution in [3.05, 3.63) is 59.9 Å². The van der Waals surface area contributed by atoms with Crippen LogP contribution < -0.4 is 0 Å². The molecule has 1 heterocycles. The fourth-order valence-corrected chi connectivity index (χ4v) is 3.76. The van der Waals surface area contributed by atoms with Crippen LogP contribution in [0.3, 0.4) is 0 Å². The fraction of sp³-hybridized carbons (Fsp3) is 0.389. The lowest BCUT2D eigenvalue weighted by Gasteiger charge is -2.22. The van der Waals surface area contributed by atoms with E-state index >= 15 is 0 Å². The second-order valence-corrected chi connectivity index (χ2v) is 7.85. The molecule has 1 aromatic heterocycles. The summed E-state index contributed by atoms with van der Waals surface area (Å²) in [5.41, 5.74) is 1.96. The summed E-state index contributed by atoms with van der Waals surface area (Å²) in [4.78, 5) is 4.35. The van der Waals surface area contributed by atoms with E-state index in [0.717, 1.165) is 11.1 Å². The van der Waals surface area contributed by atoms with Gasteiger partial charge in [-0.3, -0.25) is 4.98 Å². The average Bonchev–Trinajstić information content (AvgIpc) is 2.59. The van der Waals surface area contributed by atoms with Crippen LogP contribution in [0.5, 0.6) is 0 Å². The molecule has 2 rings (SSSR count). The molecular formula is C18H24N2O3S. The first-order valence-electron chi connectivity index (χ1n) is 7.93. The molecule has 0 aliphatic rings. The van der Waals surface area contributed by atoms with E-state index in [4.69, 9.17) is 4.74 Å². The fourth-order valence-electron chi connectivity index (χ4n) is 2.35. The van der Waals surface area contributed by atoms with E-state index in [1.807, 2.05) is 18.2 Å². The van der Waals surface area contributed by atoms with E-state index < -0.39 is 10.0 Å². The van der Waals surface area contributed by atoms with Crippen molar-refractivity contribution in [1.82, 2.24) is 9.29 Å². The lowest BCUT2D eigenvalue weighted by Crippen LogP contribution is -2.33. The minimum atomic E-state index is -3.59. The highest BCUT2D eigenvalue weighted by atomic mass is 32.2. The molecule has 0 fully saturated rings. The third kappa shape index (κ3) is 4.63. The second-order valence-electron chi connectivity index (χ2n) is 5.92. The molecule has 0 aliphatic carbocycles. The standard InChI is InChI=1S/C18H24N2O3S/c1-15(2)17-6-8-18(9-7-17)24(21,22)20(11-12-23-3)14-16-5-4-10-19-13-16/h4-10,13,15H,11-12,14H2,1-3H3. The van der Waals surface area contributed by atoms with Crippen molar-refractivity contribution in [3.63, 3.8) is 0 Å². The summed E-state index contributed by atoms with van der Waals surface area (Å²) in [6.07, 6.45) is 3.35. The number of nitrogens with zero attached hydrogens (tertiary/aromatic N) is 2. The summed E-state index contributed by atoms with van der Waals surface area (Å²) in [7, 11) is -2.03. The van der Waals surface area contributed by atoms with Crippen LogP contribution in [0.25, 0.3) is 0 Å². The first-order valence-corrected chi connectivity index (χ1v) is 9.37. The lowest BCUT2D eigenvalue weighted by atomic mass is 10.0. The maximum Gasteiger partial charge on any atom is 0.243 e.